The summed E-state index contributed by atoms with van der Waals surface area (Å²) in [6.07, 6.45) is 1.44. The van der Waals surface area contributed by atoms with Crippen molar-refractivity contribution in [1.82, 2.24) is 0 Å². The number of nitrogens with zero attached hydrogens (tertiary/aromatic N) is 1. The van der Waals surface area contributed by atoms with E-state index in [0.717, 1.165) is 37.6 Å². The molecule has 1 fully saturated rings. The molecule has 0 radical (unpaired) electrons. The van der Waals surface area contributed by atoms with E-state index in [-0.39, 0.29) is 17.6 Å². The van der Waals surface area contributed by atoms with Gasteiger partial charge in [0.05, 0.1) is 19.5 Å². The zero-order valence-electron chi connectivity index (χ0n) is 16.7. The Labute approximate surface area is 174 Å². The molecule has 2 aromatic carbocycles. The van der Waals surface area contributed by atoms with Crippen molar-refractivity contribution in [3.05, 3.63) is 77.7 Å². The Morgan fingerprint density at radius 3 is 2.40 bits per heavy atom. The summed E-state index contributed by atoms with van der Waals surface area (Å²) in [5.74, 6) is -0.397. The third-order valence-electron chi connectivity index (χ3n) is 4.99. The van der Waals surface area contributed by atoms with Crippen LogP contribution in [0.15, 0.2) is 65.3 Å². The summed E-state index contributed by atoms with van der Waals surface area (Å²) in [5, 5.41) is 5.69. The molecule has 1 aliphatic rings. The van der Waals surface area contributed by atoms with Crippen LogP contribution in [0.3, 0.4) is 0 Å². The minimum atomic E-state index is -0.362. The number of ether oxygens (including phenoxy) is 1. The van der Waals surface area contributed by atoms with Gasteiger partial charge in [0.25, 0.3) is 11.8 Å². The van der Waals surface area contributed by atoms with Crippen LogP contribution in [-0.2, 0) is 4.74 Å². The molecule has 7 nitrogen and oxygen atoms in total. The van der Waals surface area contributed by atoms with E-state index in [4.69, 9.17) is 9.15 Å². The number of rotatable bonds is 5. The molecule has 1 saturated heterocycles. The molecule has 7 heteroatoms. The lowest BCUT2D eigenvalue weighted by Crippen LogP contribution is -2.36. The number of benzene rings is 2. The molecule has 1 aliphatic heterocycles. The van der Waals surface area contributed by atoms with Crippen molar-refractivity contribution in [3.8, 4) is 0 Å². The normalized spacial score (nSPS) is 13.7. The maximum atomic E-state index is 12.7. The molecule has 0 aliphatic carbocycles. The van der Waals surface area contributed by atoms with Gasteiger partial charge in [-0.2, -0.15) is 0 Å². The molecule has 2 heterocycles. The fourth-order valence-corrected chi connectivity index (χ4v) is 3.27. The van der Waals surface area contributed by atoms with Gasteiger partial charge in [0.1, 0.15) is 0 Å². The quantitative estimate of drug-likeness (QED) is 0.672. The first-order chi connectivity index (χ1) is 14.6. The molecule has 1 aromatic heterocycles. The predicted octanol–water partition coefficient (Wildman–Crippen LogP) is 3.93. The fraction of sp³-hybridized carbons (Fsp3) is 0.217. The Kier molecular flexibility index (Phi) is 5.81. The van der Waals surface area contributed by atoms with Gasteiger partial charge >= 0.3 is 0 Å². The predicted molar refractivity (Wildman–Crippen MR) is 115 cm³/mol. The lowest BCUT2D eigenvalue weighted by atomic mass is 10.1. The van der Waals surface area contributed by atoms with Crippen LogP contribution < -0.4 is 15.5 Å². The Morgan fingerprint density at radius 1 is 0.933 bits per heavy atom. The molecule has 0 spiro atoms. The Morgan fingerprint density at radius 2 is 1.70 bits per heavy atom. The van der Waals surface area contributed by atoms with Crippen LogP contribution >= 0.6 is 0 Å². The zero-order chi connectivity index (χ0) is 20.9. The number of furan rings is 1. The highest BCUT2D eigenvalue weighted by Crippen LogP contribution is 2.22. The number of anilines is 3. The Hall–Kier alpha value is -3.58. The van der Waals surface area contributed by atoms with Crippen LogP contribution in [0.5, 0.6) is 0 Å². The average molecular weight is 405 g/mol. The second-order valence-electron chi connectivity index (χ2n) is 7.06. The highest BCUT2D eigenvalue weighted by atomic mass is 16.5. The molecule has 154 valence electrons. The van der Waals surface area contributed by atoms with Gasteiger partial charge in [-0.05, 0) is 61.0 Å². The van der Waals surface area contributed by atoms with Crippen molar-refractivity contribution in [2.24, 2.45) is 0 Å². The van der Waals surface area contributed by atoms with Gasteiger partial charge in [-0.1, -0.05) is 6.07 Å². The van der Waals surface area contributed by atoms with Crippen LogP contribution in [0.25, 0.3) is 0 Å². The molecule has 30 heavy (non-hydrogen) atoms. The van der Waals surface area contributed by atoms with E-state index in [2.05, 4.69) is 15.5 Å². The number of amides is 2. The van der Waals surface area contributed by atoms with E-state index in [1.165, 1.54) is 6.26 Å². The summed E-state index contributed by atoms with van der Waals surface area (Å²) in [4.78, 5) is 27.2. The third-order valence-corrected chi connectivity index (χ3v) is 4.99. The SMILES string of the molecule is Cc1ccc(C(=O)Nc2ccc(N3CCOCC3)cc2)cc1NC(=O)c1ccco1. The van der Waals surface area contributed by atoms with Crippen LogP contribution in [0, 0.1) is 6.92 Å². The standard InChI is InChI=1S/C23H23N3O4/c1-16-4-5-17(15-20(16)25-23(28)21-3-2-12-30-21)22(27)24-18-6-8-19(9-7-18)26-10-13-29-14-11-26/h2-9,12,15H,10-11,13-14H2,1H3,(H,24,27)(H,25,28). The number of hydrogen-bond donors (Lipinski definition) is 2. The van der Waals surface area contributed by atoms with Gasteiger partial charge in [0, 0.05) is 35.7 Å². The van der Waals surface area contributed by atoms with Gasteiger partial charge in [-0.15, -0.1) is 0 Å². The molecular formula is C23H23N3O4. The first-order valence-corrected chi connectivity index (χ1v) is 9.80. The van der Waals surface area contributed by atoms with Crippen LogP contribution in [0.4, 0.5) is 17.1 Å². The molecular weight excluding hydrogens is 382 g/mol. The van der Waals surface area contributed by atoms with Crippen LogP contribution in [0.1, 0.15) is 26.5 Å². The highest BCUT2D eigenvalue weighted by molar-refractivity contribution is 6.07. The summed E-state index contributed by atoms with van der Waals surface area (Å²) in [7, 11) is 0. The van der Waals surface area contributed by atoms with E-state index in [0.29, 0.717) is 16.9 Å². The lowest BCUT2D eigenvalue weighted by Gasteiger charge is -2.28. The number of carbonyl (C=O) groups excluding carboxylic acids is 2. The number of hydrogen-bond acceptors (Lipinski definition) is 5. The summed E-state index contributed by atoms with van der Waals surface area (Å²) in [6, 6.07) is 16.2. The second kappa shape index (κ2) is 8.84. The number of nitrogens with one attached hydrogen (secondary N) is 2. The van der Waals surface area contributed by atoms with Crippen molar-refractivity contribution in [2.75, 3.05) is 41.8 Å². The topological polar surface area (TPSA) is 83.8 Å². The zero-order valence-corrected chi connectivity index (χ0v) is 16.7. The summed E-state index contributed by atoms with van der Waals surface area (Å²) < 4.78 is 10.5. The van der Waals surface area contributed by atoms with Crippen LogP contribution in [-0.4, -0.2) is 38.1 Å². The van der Waals surface area contributed by atoms with E-state index >= 15 is 0 Å². The van der Waals surface area contributed by atoms with E-state index < -0.39 is 0 Å². The third kappa shape index (κ3) is 4.52. The monoisotopic (exact) mass is 405 g/mol. The summed E-state index contributed by atoms with van der Waals surface area (Å²) >= 11 is 0. The molecule has 4 rings (SSSR count). The van der Waals surface area contributed by atoms with Crippen LogP contribution in [0.2, 0.25) is 0 Å². The van der Waals surface area contributed by atoms with Crippen molar-refractivity contribution >= 4 is 28.9 Å². The van der Waals surface area contributed by atoms with Gasteiger partial charge in [0.15, 0.2) is 5.76 Å². The van der Waals surface area contributed by atoms with E-state index in [1.807, 2.05) is 31.2 Å². The molecule has 2 N–H and O–H groups in total. The van der Waals surface area contributed by atoms with Crippen molar-refractivity contribution < 1.29 is 18.7 Å². The second-order valence-corrected chi connectivity index (χ2v) is 7.06. The Bertz CT molecular complexity index is 1020. The average Bonchev–Trinajstić information content (AvgIpc) is 3.31. The number of aryl methyl sites for hydroxylation is 1. The molecule has 0 atom stereocenters. The maximum Gasteiger partial charge on any atom is 0.291 e. The largest absolute Gasteiger partial charge is 0.459 e. The number of morpholine rings is 1. The molecule has 3 aromatic rings. The molecule has 2 amide bonds. The van der Waals surface area contributed by atoms with E-state index in [9.17, 15) is 9.59 Å². The molecule has 0 saturated carbocycles. The summed E-state index contributed by atoms with van der Waals surface area (Å²) in [5.41, 5.74) is 3.67. The minimum absolute atomic E-state index is 0.213. The van der Waals surface area contributed by atoms with Gasteiger partial charge < -0.3 is 24.7 Å². The number of carbonyl (C=O) groups is 2. The minimum Gasteiger partial charge on any atom is -0.459 e. The smallest absolute Gasteiger partial charge is 0.291 e. The maximum absolute atomic E-state index is 12.7. The fourth-order valence-electron chi connectivity index (χ4n) is 3.27. The first-order valence-electron chi connectivity index (χ1n) is 9.80. The molecule has 0 unspecified atom stereocenters. The van der Waals surface area contributed by atoms with Gasteiger partial charge in [-0.3, -0.25) is 9.59 Å². The molecule has 0 bridgehead atoms. The van der Waals surface area contributed by atoms with Gasteiger partial charge in [0.2, 0.25) is 0 Å². The van der Waals surface area contributed by atoms with Crippen molar-refractivity contribution in [1.29, 1.82) is 0 Å². The summed E-state index contributed by atoms with van der Waals surface area (Å²) in [6.45, 7) is 5.04. The highest BCUT2D eigenvalue weighted by Gasteiger charge is 2.14. The van der Waals surface area contributed by atoms with Gasteiger partial charge in [-0.25, -0.2) is 0 Å². The Balaban J connectivity index is 1.43. The first kappa shape index (κ1) is 19.7. The lowest BCUT2D eigenvalue weighted by molar-refractivity contribution is 0.0993. The van der Waals surface area contributed by atoms with E-state index in [1.54, 1.807) is 30.3 Å². The van der Waals surface area contributed by atoms with Crippen molar-refractivity contribution in [2.45, 2.75) is 6.92 Å². The van der Waals surface area contributed by atoms with Crippen molar-refractivity contribution in [3.63, 3.8) is 0 Å².